The van der Waals surface area contributed by atoms with E-state index in [-0.39, 0.29) is 18.0 Å². The molecule has 31 heavy (non-hydrogen) atoms. The SMILES string of the molecule is O=C(Cc1ccncc1)NCCc1c[nH]c2ccccc12.[I][Pt].[NH-][C@@H]1CCCC[C@@H]1[NH-]. The predicted octanol–water partition coefficient (Wildman–Crippen LogP) is 5.75. The number of aromatic amines is 1. The third-order valence-electron chi connectivity index (χ3n) is 5.27. The van der Waals surface area contributed by atoms with Crippen molar-refractivity contribution in [2.24, 2.45) is 0 Å². The second-order valence-corrected chi connectivity index (χ2v) is 7.49. The number of carbonyl (C=O) groups excluding carboxylic acids is 1. The van der Waals surface area contributed by atoms with Crippen LogP contribution < -0.4 is 5.32 Å². The summed E-state index contributed by atoms with van der Waals surface area (Å²) in [5.74, 6) is 0.0426. The van der Waals surface area contributed by atoms with Gasteiger partial charge in [-0.3, -0.25) is 9.78 Å². The van der Waals surface area contributed by atoms with Gasteiger partial charge >= 0.3 is 35.5 Å². The first-order valence-electron chi connectivity index (χ1n) is 10.4. The summed E-state index contributed by atoms with van der Waals surface area (Å²) < 4.78 is 0. The quantitative estimate of drug-likeness (QED) is 0.329. The van der Waals surface area contributed by atoms with E-state index in [4.69, 9.17) is 11.5 Å². The molecule has 0 saturated heterocycles. The maximum atomic E-state index is 11.9. The van der Waals surface area contributed by atoms with E-state index < -0.39 is 0 Å². The molecule has 2 aromatic heterocycles. The number of pyridine rings is 1. The normalized spacial score (nSPS) is 17.7. The number of amides is 1. The maximum absolute atomic E-state index is 11.9. The first kappa shape index (κ1) is 26.0. The number of rotatable bonds is 5. The monoisotopic (exact) mass is 713 g/mol. The van der Waals surface area contributed by atoms with E-state index in [1.165, 1.54) is 23.8 Å². The fraction of sp³-hybridized carbons (Fsp3) is 0.391. The third-order valence-corrected chi connectivity index (χ3v) is 5.27. The Labute approximate surface area is 206 Å². The minimum atomic E-state index is -0.0799. The first-order valence-corrected chi connectivity index (χ1v) is 16.8. The third kappa shape index (κ3) is 9.00. The van der Waals surface area contributed by atoms with E-state index in [0.717, 1.165) is 30.3 Å². The second kappa shape index (κ2) is 14.7. The van der Waals surface area contributed by atoms with Crippen LogP contribution in [0.2, 0.25) is 0 Å². The molecule has 1 fully saturated rings. The van der Waals surface area contributed by atoms with Gasteiger partial charge in [-0.25, -0.2) is 0 Å². The van der Waals surface area contributed by atoms with Crippen molar-refractivity contribution in [3.8, 4) is 0 Å². The van der Waals surface area contributed by atoms with Crippen molar-refractivity contribution >= 4 is 36.2 Å². The molecule has 8 heteroatoms. The maximum Gasteiger partial charge on any atom is -0.0548 e. The zero-order chi connectivity index (χ0) is 22.5. The van der Waals surface area contributed by atoms with Gasteiger partial charge in [-0.15, -0.1) is 0 Å². The molecular formula is C23H29IN5OPt-2. The summed E-state index contributed by atoms with van der Waals surface area (Å²) in [4.78, 5) is 19.1. The van der Waals surface area contributed by atoms with Gasteiger partial charge in [-0.05, 0) is 35.7 Å². The number of benzene rings is 1. The van der Waals surface area contributed by atoms with E-state index >= 15 is 0 Å². The Morgan fingerprint density at radius 2 is 1.74 bits per heavy atom. The summed E-state index contributed by atoms with van der Waals surface area (Å²) in [6.45, 7) is 0.645. The Morgan fingerprint density at radius 3 is 2.39 bits per heavy atom. The molecule has 1 aliphatic carbocycles. The molecule has 4 rings (SSSR count). The number of para-hydroxylation sites is 1. The van der Waals surface area contributed by atoms with Gasteiger partial charge in [0.05, 0.1) is 6.42 Å². The summed E-state index contributed by atoms with van der Waals surface area (Å²) in [6.07, 6.45) is 10.9. The summed E-state index contributed by atoms with van der Waals surface area (Å²) in [7, 11) is 0. The van der Waals surface area contributed by atoms with E-state index in [2.05, 4.69) is 62.9 Å². The summed E-state index contributed by atoms with van der Waals surface area (Å²) in [5, 5.41) is 4.18. The minimum Gasteiger partial charge on any atom is -0.676 e. The molecule has 1 amide bonds. The molecule has 0 aliphatic heterocycles. The summed E-state index contributed by atoms with van der Waals surface area (Å²) in [6, 6.07) is 11.8. The minimum absolute atomic E-state index is 0.0426. The molecule has 2 heterocycles. The van der Waals surface area contributed by atoms with Crippen molar-refractivity contribution in [2.75, 3.05) is 6.54 Å². The summed E-state index contributed by atoms with van der Waals surface area (Å²) in [5.41, 5.74) is 17.9. The molecule has 171 valence electrons. The van der Waals surface area contributed by atoms with Gasteiger partial charge in [-0.2, -0.15) is 12.1 Å². The molecule has 0 spiro atoms. The predicted molar refractivity (Wildman–Crippen MR) is 132 cm³/mol. The zero-order valence-electron chi connectivity index (χ0n) is 17.4. The van der Waals surface area contributed by atoms with Crippen LogP contribution in [0.1, 0.15) is 36.8 Å². The van der Waals surface area contributed by atoms with Gasteiger partial charge in [0, 0.05) is 36.0 Å². The topological polar surface area (TPSA) is 105 Å². The van der Waals surface area contributed by atoms with Gasteiger partial charge in [0.2, 0.25) is 5.91 Å². The molecule has 3 aromatic rings. The van der Waals surface area contributed by atoms with Crippen molar-refractivity contribution in [1.29, 1.82) is 0 Å². The fourth-order valence-electron chi connectivity index (χ4n) is 3.55. The van der Waals surface area contributed by atoms with Crippen LogP contribution >= 0.6 is 19.4 Å². The van der Waals surface area contributed by atoms with E-state index in [1.54, 1.807) is 12.4 Å². The van der Waals surface area contributed by atoms with Crippen molar-refractivity contribution in [2.45, 2.75) is 50.6 Å². The van der Waals surface area contributed by atoms with Crippen molar-refractivity contribution in [1.82, 2.24) is 15.3 Å². The number of hydrogen-bond acceptors (Lipinski definition) is 2. The number of nitrogens with zero attached hydrogens (tertiary/aromatic N) is 1. The van der Waals surface area contributed by atoms with Crippen molar-refractivity contribution < 1.29 is 20.9 Å². The molecule has 0 unspecified atom stereocenters. The molecule has 0 bridgehead atoms. The van der Waals surface area contributed by atoms with Gasteiger partial charge in [0.15, 0.2) is 0 Å². The molecule has 0 radical (unpaired) electrons. The molecule has 1 saturated carbocycles. The van der Waals surface area contributed by atoms with Gasteiger partial charge in [-0.1, -0.05) is 43.9 Å². The molecule has 6 nitrogen and oxygen atoms in total. The number of nitrogens with one attached hydrogen (secondary N) is 4. The Morgan fingerprint density at radius 1 is 1.10 bits per heavy atom. The van der Waals surface area contributed by atoms with Crippen molar-refractivity contribution in [3.63, 3.8) is 0 Å². The van der Waals surface area contributed by atoms with E-state index in [1.807, 2.05) is 30.5 Å². The van der Waals surface area contributed by atoms with E-state index in [9.17, 15) is 4.79 Å². The average Bonchev–Trinajstić information content (AvgIpc) is 3.21. The number of aromatic nitrogens is 2. The fourth-order valence-corrected chi connectivity index (χ4v) is 3.55. The van der Waals surface area contributed by atoms with Crippen LogP contribution in [0.3, 0.4) is 0 Å². The smallest absolute Gasteiger partial charge is 0.0548 e. The molecular weight excluding hydrogens is 684 g/mol. The van der Waals surface area contributed by atoms with Crippen LogP contribution in [0, 0.1) is 0 Å². The van der Waals surface area contributed by atoms with Gasteiger partial charge in [0.1, 0.15) is 0 Å². The number of H-pyrrole nitrogens is 1. The van der Waals surface area contributed by atoms with Gasteiger partial charge in [0.25, 0.3) is 0 Å². The van der Waals surface area contributed by atoms with Crippen molar-refractivity contribution in [3.05, 3.63) is 77.6 Å². The Kier molecular flexibility index (Phi) is 12.3. The standard InChI is InChI=1S/C17H17N3O.C6H12N2.HI.Pt/c21-17(11-13-5-8-18-9-6-13)19-10-7-14-12-20-16-4-2-1-3-15(14)16;7-5-3-1-2-4-6(5)8;;/h1-6,8-9,12,20H,7,10-11H2,(H,19,21);5-8H,1-4H2;1H;/q;-2;;+1/p-1/t;5-,6+;;. The number of fused-ring (bicyclic) bond motifs is 1. The van der Waals surface area contributed by atoms with E-state index in [0.29, 0.717) is 13.0 Å². The number of hydrogen-bond donors (Lipinski definition) is 2. The first-order chi connectivity index (χ1) is 15.1. The Bertz CT molecular complexity index is 895. The summed E-state index contributed by atoms with van der Waals surface area (Å²) >= 11 is 4.23. The largest absolute Gasteiger partial charge is 0.676 e. The molecule has 1 aliphatic rings. The number of carbonyl (C=O) groups is 1. The molecule has 1 aromatic carbocycles. The average molecular weight is 714 g/mol. The van der Waals surface area contributed by atoms with Gasteiger partial charge < -0.3 is 21.8 Å². The molecule has 4 N–H and O–H groups in total. The Balaban J connectivity index is 0.000000286. The second-order valence-electron chi connectivity index (χ2n) is 7.49. The number of halogens is 1. The van der Waals surface area contributed by atoms with Crippen LogP contribution in [0.4, 0.5) is 0 Å². The zero-order valence-corrected chi connectivity index (χ0v) is 21.8. The molecule has 2 atom stereocenters. The van der Waals surface area contributed by atoms with Crippen LogP contribution in [0.15, 0.2) is 55.0 Å². The van der Waals surface area contributed by atoms with Crippen LogP contribution in [0.5, 0.6) is 0 Å². The van der Waals surface area contributed by atoms with Crippen LogP contribution in [0.25, 0.3) is 22.4 Å². The Hall–Kier alpha value is -1.28. The van der Waals surface area contributed by atoms with Crippen LogP contribution in [-0.2, 0) is 33.8 Å². The van der Waals surface area contributed by atoms with Crippen LogP contribution in [-0.4, -0.2) is 34.5 Å².